The number of fused-ring (bicyclic) bond motifs is 1. The Labute approximate surface area is 168 Å². The van der Waals surface area contributed by atoms with Gasteiger partial charge in [-0.15, -0.1) is 0 Å². The van der Waals surface area contributed by atoms with Gasteiger partial charge in [0.2, 0.25) is 5.91 Å². The minimum absolute atomic E-state index is 0.201. The van der Waals surface area contributed by atoms with Crippen molar-refractivity contribution < 1.29 is 9.53 Å². The molecule has 0 bridgehead atoms. The summed E-state index contributed by atoms with van der Waals surface area (Å²) in [5, 5.41) is 0. The number of methoxy groups -OCH3 is 1. The molecule has 0 N–H and O–H groups in total. The molecule has 0 saturated carbocycles. The number of carbonyl (C=O) groups is 1. The van der Waals surface area contributed by atoms with E-state index in [1.54, 1.807) is 14.0 Å². The summed E-state index contributed by atoms with van der Waals surface area (Å²) in [6.45, 7) is 7.71. The Morgan fingerprint density at radius 2 is 1.93 bits per heavy atom. The Hall–Kier alpha value is -2.33. The van der Waals surface area contributed by atoms with Crippen LogP contribution in [0.1, 0.15) is 36.0 Å². The van der Waals surface area contributed by atoms with Crippen LogP contribution in [0.15, 0.2) is 48.5 Å². The number of aryl methyl sites for hydroxylation is 1. The van der Waals surface area contributed by atoms with Crippen LogP contribution in [-0.4, -0.2) is 48.5 Å². The van der Waals surface area contributed by atoms with E-state index in [2.05, 4.69) is 59.2 Å². The summed E-state index contributed by atoms with van der Waals surface area (Å²) >= 11 is 0. The minimum Gasteiger partial charge on any atom is -0.497 e. The van der Waals surface area contributed by atoms with E-state index in [9.17, 15) is 4.79 Å². The van der Waals surface area contributed by atoms with Gasteiger partial charge in [-0.2, -0.15) is 0 Å². The van der Waals surface area contributed by atoms with Crippen molar-refractivity contribution in [3.8, 4) is 5.75 Å². The van der Waals surface area contributed by atoms with Crippen molar-refractivity contribution in [2.75, 3.05) is 26.7 Å². The molecule has 0 radical (unpaired) electrons. The van der Waals surface area contributed by atoms with Crippen molar-refractivity contribution >= 4 is 5.91 Å². The summed E-state index contributed by atoms with van der Waals surface area (Å²) in [7, 11) is 1.71. The van der Waals surface area contributed by atoms with Gasteiger partial charge < -0.3 is 9.64 Å². The fourth-order valence-corrected chi connectivity index (χ4v) is 4.99. The van der Waals surface area contributed by atoms with Crippen LogP contribution in [0.2, 0.25) is 0 Å². The van der Waals surface area contributed by atoms with Crippen molar-refractivity contribution in [2.45, 2.75) is 38.8 Å². The van der Waals surface area contributed by atoms with Crippen molar-refractivity contribution in [3.63, 3.8) is 0 Å². The molecule has 2 fully saturated rings. The molecule has 148 valence electrons. The van der Waals surface area contributed by atoms with Gasteiger partial charge in [0.25, 0.3) is 0 Å². The number of hydrogen-bond acceptors (Lipinski definition) is 3. The predicted molar refractivity (Wildman–Crippen MR) is 111 cm³/mol. The summed E-state index contributed by atoms with van der Waals surface area (Å²) in [5.41, 5.74) is 3.95. The number of nitrogens with zero attached hydrogens (tertiary/aromatic N) is 2. The molecule has 2 aromatic rings. The van der Waals surface area contributed by atoms with Gasteiger partial charge in [-0.3, -0.25) is 9.69 Å². The first-order valence-electron chi connectivity index (χ1n) is 10.2. The van der Waals surface area contributed by atoms with Gasteiger partial charge in [0.1, 0.15) is 5.75 Å². The van der Waals surface area contributed by atoms with E-state index in [0.29, 0.717) is 17.9 Å². The number of ether oxygens (including phenoxy) is 1. The molecule has 4 nitrogen and oxygen atoms in total. The van der Waals surface area contributed by atoms with Crippen molar-refractivity contribution in [1.29, 1.82) is 0 Å². The van der Waals surface area contributed by atoms with E-state index in [1.165, 1.54) is 16.7 Å². The zero-order valence-corrected chi connectivity index (χ0v) is 17.1. The minimum atomic E-state index is 0.201. The Morgan fingerprint density at radius 3 is 2.64 bits per heavy atom. The van der Waals surface area contributed by atoms with Crippen LogP contribution < -0.4 is 4.74 Å². The van der Waals surface area contributed by atoms with E-state index >= 15 is 0 Å². The zero-order valence-electron chi connectivity index (χ0n) is 17.1. The average molecular weight is 379 g/mol. The largest absolute Gasteiger partial charge is 0.497 e. The van der Waals surface area contributed by atoms with Crippen LogP contribution in [0.5, 0.6) is 5.75 Å². The molecule has 2 aliphatic rings. The maximum atomic E-state index is 12.3. The third-order valence-electron chi connectivity index (χ3n) is 6.47. The summed E-state index contributed by atoms with van der Waals surface area (Å²) in [6.07, 6.45) is 1.05. The molecule has 0 aromatic heterocycles. The van der Waals surface area contributed by atoms with Gasteiger partial charge in [-0.25, -0.2) is 0 Å². The lowest BCUT2D eigenvalue weighted by atomic mass is 9.81. The molecule has 2 heterocycles. The van der Waals surface area contributed by atoms with E-state index in [4.69, 9.17) is 4.74 Å². The molecule has 1 amide bonds. The fraction of sp³-hybridized carbons (Fsp3) is 0.458. The highest BCUT2D eigenvalue weighted by Crippen LogP contribution is 2.42. The second-order valence-electron chi connectivity index (χ2n) is 8.30. The third-order valence-corrected chi connectivity index (χ3v) is 6.47. The lowest BCUT2D eigenvalue weighted by Crippen LogP contribution is -2.47. The van der Waals surface area contributed by atoms with Gasteiger partial charge in [0, 0.05) is 51.0 Å². The standard InChI is InChI=1S/C24H30N2O2/c1-17-7-9-19(10-8-17)14-25-12-11-24-23(15-25)22(16-26(24)18(2)27)20-5-4-6-21(13-20)28-3/h4-10,13,22-24H,11-12,14-16H2,1-3H3/t22-,23-,24-/m0/s1. The first-order valence-corrected chi connectivity index (χ1v) is 10.2. The maximum absolute atomic E-state index is 12.3. The van der Waals surface area contributed by atoms with Crippen molar-refractivity contribution in [1.82, 2.24) is 9.80 Å². The molecule has 2 aliphatic heterocycles. The zero-order chi connectivity index (χ0) is 19.7. The van der Waals surface area contributed by atoms with Gasteiger partial charge in [-0.05, 0) is 36.6 Å². The van der Waals surface area contributed by atoms with Crippen LogP contribution in [-0.2, 0) is 11.3 Å². The summed E-state index contributed by atoms with van der Waals surface area (Å²) in [6, 6.07) is 17.6. The third kappa shape index (κ3) is 3.79. The fourth-order valence-electron chi connectivity index (χ4n) is 4.99. The Balaban J connectivity index is 1.55. The van der Waals surface area contributed by atoms with E-state index in [0.717, 1.165) is 38.3 Å². The van der Waals surface area contributed by atoms with Crippen LogP contribution >= 0.6 is 0 Å². The first-order chi connectivity index (χ1) is 13.5. The Morgan fingerprint density at radius 1 is 1.14 bits per heavy atom. The molecule has 2 saturated heterocycles. The topological polar surface area (TPSA) is 32.8 Å². The lowest BCUT2D eigenvalue weighted by Gasteiger charge is -2.39. The normalized spacial score (nSPS) is 24.8. The number of carbonyl (C=O) groups excluding carboxylic acids is 1. The van der Waals surface area contributed by atoms with Crippen LogP contribution in [0.25, 0.3) is 0 Å². The number of likely N-dealkylation sites (tertiary alicyclic amines) is 2. The molecular formula is C24H30N2O2. The van der Waals surface area contributed by atoms with Gasteiger partial charge in [0.05, 0.1) is 7.11 Å². The molecule has 4 heteroatoms. The molecule has 2 aromatic carbocycles. The van der Waals surface area contributed by atoms with Gasteiger partial charge in [-0.1, -0.05) is 42.0 Å². The molecular weight excluding hydrogens is 348 g/mol. The number of benzene rings is 2. The molecule has 4 rings (SSSR count). The second-order valence-corrected chi connectivity index (χ2v) is 8.30. The van der Waals surface area contributed by atoms with Crippen LogP contribution in [0.4, 0.5) is 0 Å². The molecule has 0 aliphatic carbocycles. The quantitative estimate of drug-likeness (QED) is 0.810. The highest BCUT2D eigenvalue weighted by molar-refractivity contribution is 5.74. The summed E-state index contributed by atoms with van der Waals surface area (Å²) in [5.74, 6) is 1.93. The first kappa shape index (κ1) is 19.0. The summed E-state index contributed by atoms with van der Waals surface area (Å²) < 4.78 is 5.44. The average Bonchev–Trinajstić information content (AvgIpc) is 3.09. The number of hydrogen-bond donors (Lipinski definition) is 0. The van der Waals surface area contributed by atoms with Crippen LogP contribution in [0, 0.1) is 12.8 Å². The van der Waals surface area contributed by atoms with Crippen molar-refractivity contribution in [3.05, 3.63) is 65.2 Å². The summed E-state index contributed by atoms with van der Waals surface area (Å²) in [4.78, 5) is 17.0. The van der Waals surface area contributed by atoms with Crippen LogP contribution in [0.3, 0.4) is 0 Å². The molecule has 3 atom stereocenters. The highest BCUT2D eigenvalue weighted by atomic mass is 16.5. The van der Waals surface area contributed by atoms with E-state index in [1.807, 2.05) is 6.07 Å². The monoisotopic (exact) mass is 378 g/mol. The molecule has 0 unspecified atom stereocenters. The lowest BCUT2D eigenvalue weighted by molar-refractivity contribution is -0.130. The highest BCUT2D eigenvalue weighted by Gasteiger charge is 2.46. The second kappa shape index (κ2) is 7.96. The molecule has 28 heavy (non-hydrogen) atoms. The smallest absolute Gasteiger partial charge is 0.219 e. The SMILES string of the molecule is COc1cccc([C@@H]2CN(C(C)=O)[C@H]3CCN(Cc4ccc(C)cc4)C[C@@H]23)c1. The Kier molecular flexibility index (Phi) is 5.40. The Bertz CT molecular complexity index is 833. The number of rotatable bonds is 4. The number of amides is 1. The number of piperidine rings is 1. The molecule has 0 spiro atoms. The van der Waals surface area contributed by atoms with E-state index in [-0.39, 0.29) is 5.91 Å². The maximum Gasteiger partial charge on any atom is 0.219 e. The van der Waals surface area contributed by atoms with Crippen molar-refractivity contribution in [2.24, 2.45) is 5.92 Å². The predicted octanol–water partition coefficient (Wildman–Crippen LogP) is 3.84. The van der Waals surface area contributed by atoms with E-state index < -0.39 is 0 Å². The van der Waals surface area contributed by atoms with Gasteiger partial charge >= 0.3 is 0 Å². The van der Waals surface area contributed by atoms with Gasteiger partial charge in [0.15, 0.2) is 0 Å².